The number of likely N-dealkylation sites (tertiary alicyclic amines) is 1. The summed E-state index contributed by atoms with van der Waals surface area (Å²) in [4.78, 5) is 42.3. The topological polar surface area (TPSA) is 107 Å². The highest BCUT2D eigenvalue weighted by molar-refractivity contribution is 9.09. The highest BCUT2D eigenvalue weighted by atomic mass is 79.9. The molecule has 3 heterocycles. The lowest BCUT2D eigenvalue weighted by molar-refractivity contribution is -0.153. The predicted octanol–water partition coefficient (Wildman–Crippen LogP) is 1.41. The number of halogens is 1. The van der Waals surface area contributed by atoms with Crippen LogP contribution in [0.4, 0.5) is 0 Å². The molecular weight excluding hydrogens is 480 g/mol. The molecule has 0 aliphatic carbocycles. The number of aliphatic carboxylic acids is 1. The predicted molar refractivity (Wildman–Crippen MR) is 119 cm³/mol. The molecule has 7 atom stereocenters. The van der Waals surface area contributed by atoms with E-state index in [1.807, 2.05) is 30.3 Å². The van der Waals surface area contributed by atoms with Gasteiger partial charge in [-0.15, -0.1) is 6.58 Å². The molecule has 0 aromatic heterocycles. The molecular formula is C23H27BrN2O6. The molecule has 2 N–H and O–H groups in total. The largest absolute Gasteiger partial charge is 0.481 e. The van der Waals surface area contributed by atoms with E-state index < -0.39 is 47.5 Å². The van der Waals surface area contributed by atoms with Crippen molar-refractivity contribution in [2.45, 2.75) is 48.5 Å². The molecule has 1 aromatic rings. The Bertz CT molecular complexity index is 926. The molecule has 2 bridgehead atoms. The molecule has 3 aliphatic rings. The van der Waals surface area contributed by atoms with Crippen molar-refractivity contribution in [2.24, 2.45) is 11.8 Å². The van der Waals surface area contributed by atoms with Gasteiger partial charge in [0.15, 0.2) is 0 Å². The number of alkyl halides is 1. The summed E-state index contributed by atoms with van der Waals surface area (Å²) in [5, 5.41) is 19.7. The van der Waals surface area contributed by atoms with Crippen LogP contribution in [0.5, 0.6) is 0 Å². The number of carbonyl (C=O) groups excluding carboxylic acids is 2. The third-order valence-electron chi connectivity index (χ3n) is 6.86. The van der Waals surface area contributed by atoms with Gasteiger partial charge in [-0.05, 0) is 18.9 Å². The minimum Gasteiger partial charge on any atom is -0.481 e. The Kier molecular flexibility index (Phi) is 6.17. The van der Waals surface area contributed by atoms with Gasteiger partial charge in [0.25, 0.3) is 0 Å². The van der Waals surface area contributed by atoms with Gasteiger partial charge in [0.05, 0.1) is 30.6 Å². The number of nitrogens with zero attached hydrogens (tertiary/aromatic N) is 2. The van der Waals surface area contributed by atoms with Crippen molar-refractivity contribution in [3.8, 4) is 0 Å². The van der Waals surface area contributed by atoms with Crippen molar-refractivity contribution in [2.75, 3.05) is 13.2 Å². The smallest absolute Gasteiger partial charge is 0.310 e. The van der Waals surface area contributed by atoms with E-state index in [2.05, 4.69) is 22.5 Å². The summed E-state index contributed by atoms with van der Waals surface area (Å²) in [6.45, 7) is 5.63. The van der Waals surface area contributed by atoms with Crippen LogP contribution in [0.1, 0.15) is 18.9 Å². The van der Waals surface area contributed by atoms with E-state index in [9.17, 15) is 24.6 Å². The molecule has 3 aliphatic heterocycles. The summed E-state index contributed by atoms with van der Waals surface area (Å²) in [5.41, 5.74) is -0.337. The van der Waals surface area contributed by atoms with Crippen LogP contribution in [0.15, 0.2) is 43.0 Å². The number of hydrogen-bond acceptors (Lipinski definition) is 5. The van der Waals surface area contributed by atoms with E-state index in [1.165, 1.54) is 4.90 Å². The molecule has 1 aromatic carbocycles. The number of rotatable bonds is 8. The monoisotopic (exact) mass is 506 g/mol. The third kappa shape index (κ3) is 3.38. The average Bonchev–Trinajstić information content (AvgIpc) is 3.36. The normalized spacial score (nSPS) is 33.8. The maximum Gasteiger partial charge on any atom is 0.310 e. The molecule has 3 fully saturated rings. The van der Waals surface area contributed by atoms with Crippen molar-refractivity contribution in [1.82, 2.24) is 9.80 Å². The van der Waals surface area contributed by atoms with Crippen LogP contribution in [0.3, 0.4) is 0 Å². The number of hydrogen-bond donors (Lipinski definition) is 2. The first-order valence-corrected chi connectivity index (χ1v) is 11.6. The molecule has 32 heavy (non-hydrogen) atoms. The molecule has 1 unspecified atom stereocenters. The van der Waals surface area contributed by atoms with Gasteiger partial charge in [0, 0.05) is 17.9 Å². The summed E-state index contributed by atoms with van der Waals surface area (Å²) in [6.07, 6.45) is 1.27. The summed E-state index contributed by atoms with van der Waals surface area (Å²) >= 11 is 3.52. The second-order valence-corrected chi connectivity index (χ2v) is 9.95. The quantitative estimate of drug-likeness (QED) is 0.407. The average molecular weight is 507 g/mol. The number of carbonyl (C=O) groups is 3. The summed E-state index contributed by atoms with van der Waals surface area (Å²) in [5.74, 6) is -3.91. The van der Waals surface area contributed by atoms with Crippen LogP contribution < -0.4 is 0 Å². The van der Waals surface area contributed by atoms with Crippen molar-refractivity contribution in [3.05, 3.63) is 48.6 Å². The Morgan fingerprint density at radius 3 is 2.69 bits per heavy atom. The number of amides is 2. The Labute approximate surface area is 195 Å². The van der Waals surface area contributed by atoms with Gasteiger partial charge in [-0.2, -0.15) is 0 Å². The van der Waals surface area contributed by atoms with Crippen LogP contribution in [0, 0.1) is 11.8 Å². The number of ether oxygens (including phenoxy) is 1. The lowest BCUT2D eigenvalue weighted by Crippen LogP contribution is -2.58. The van der Waals surface area contributed by atoms with Gasteiger partial charge >= 0.3 is 5.97 Å². The van der Waals surface area contributed by atoms with Crippen LogP contribution in [0.25, 0.3) is 0 Å². The summed E-state index contributed by atoms with van der Waals surface area (Å²) < 4.78 is 6.23. The zero-order valence-corrected chi connectivity index (χ0v) is 19.3. The summed E-state index contributed by atoms with van der Waals surface area (Å²) in [7, 11) is 0. The van der Waals surface area contributed by atoms with Crippen molar-refractivity contribution in [3.63, 3.8) is 0 Å². The van der Waals surface area contributed by atoms with Gasteiger partial charge < -0.3 is 24.7 Å². The highest BCUT2D eigenvalue weighted by Crippen LogP contribution is 2.60. The number of benzene rings is 1. The van der Waals surface area contributed by atoms with Crippen molar-refractivity contribution < 1.29 is 29.3 Å². The van der Waals surface area contributed by atoms with E-state index >= 15 is 0 Å². The van der Waals surface area contributed by atoms with E-state index in [1.54, 1.807) is 17.9 Å². The zero-order valence-electron chi connectivity index (χ0n) is 17.8. The number of aliphatic hydroxyl groups is 1. The standard InChI is InChI=1S/C23H27BrN2O6/c1-3-9-25(11-14-7-5-4-6-8-14)21(29)19-23-10-15(24)18(32-23)16(22(30)31)17(23)20(28)26(19)13(2)12-27/h3-8,13,15-19,27H,1,9-12H2,2H3,(H,30,31)/t13-,15?,16+,17-,18+,19+,23-/m1/s1. The molecule has 8 nitrogen and oxygen atoms in total. The Morgan fingerprint density at radius 2 is 2.09 bits per heavy atom. The molecule has 1 spiro atoms. The fraction of sp³-hybridized carbons (Fsp3) is 0.522. The highest BCUT2D eigenvalue weighted by Gasteiger charge is 2.77. The second kappa shape index (κ2) is 8.61. The Morgan fingerprint density at radius 1 is 1.41 bits per heavy atom. The van der Waals surface area contributed by atoms with Crippen molar-refractivity contribution in [1.29, 1.82) is 0 Å². The maximum atomic E-state index is 14.0. The maximum absolute atomic E-state index is 14.0. The molecule has 172 valence electrons. The fourth-order valence-electron chi connectivity index (χ4n) is 5.56. The molecule has 3 saturated heterocycles. The van der Waals surface area contributed by atoms with E-state index in [4.69, 9.17) is 4.74 Å². The van der Waals surface area contributed by atoms with Gasteiger partial charge in [-0.1, -0.05) is 52.3 Å². The van der Waals surface area contributed by atoms with Gasteiger partial charge in [-0.25, -0.2) is 0 Å². The number of carboxylic acids is 1. The molecule has 0 radical (unpaired) electrons. The molecule has 2 amide bonds. The van der Waals surface area contributed by atoms with Gasteiger partial charge in [0.1, 0.15) is 11.6 Å². The number of carboxylic acid groups (broad SMARTS) is 1. The van der Waals surface area contributed by atoms with Gasteiger partial charge in [0.2, 0.25) is 11.8 Å². The Balaban J connectivity index is 1.76. The minimum absolute atomic E-state index is 0.254. The fourth-order valence-corrected chi connectivity index (χ4v) is 6.50. The van der Waals surface area contributed by atoms with Crippen LogP contribution in [0.2, 0.25) is 0 Å². The van der Waals surface area contributed by atoms with Crippen molar-refractivity contribution >= 4 is 33.7 Å². The lowest BCUT2D eigenvalue weighted by atomic mass is 9.70. The van der Waals surface area contributed by atoms with E-state index in [-0.39, 0.29) is 23.9 Å². The number of fused-ring (bicyclic) bond motifs is 1. The molecule has 0 saturated carbocycles. The van der Waals surface area contributed by atoms with Gasteiger partial charge in [-0.3, -0.25) is 14.4 Å². The van der Waals surface area contributed by atoms with Crippen LogP contribution in [-0.2, 0) is 25.7 Å². The van der Waals surface area contributed by atoms with Crippen LogP contribution >= 0.6 is 15.9 Å². The first kappa shape index (κ1) is 22.9. The number of aliphatic hydroxyl groups excluding tert-OH is 1. The second-order valence-electron chi connectivity index (χ2n) is 8.77. The van der Waals surface area contributed by atoms with E-state index in [0.29, 0.717) is 13.0 Å². The Hall–Kier alpha value is -2.23. The first-order chi connectivity index (χ1) is 15.3. The summed E-state index contributed by atoms with van der Waals surface area (Å²) in [6, 6.07) is 7.78. The SMILES string of the molecule is C=CCN(Cc1ccccc1)C(=O)[C@@H]1N([C@H](C)CO)C(=O)[C@H]2[C@H](C(=O)O)[C@H]3O[C@@]12CC3Br. The minimum atomic E-state index is -1.25. The molecule has 9 heteroatoms. The lowest BCUT2D eigenvalue weighted by Gasteiger charge is -2.38. The molecule has 4 rings (SSSR count). The van der Waals surface area contributed by atoms with E-state index in [0.717, 1.165) is 5.56 Å². The zero-order chi connectivity index (χ0) is 23.2. The third-order valence-corrected chi connectivity index (χ3v) is 7.71. The van der Waals surface area contributed by atoms with Crippen LogP contribution in [-0.4, -0.2) is 79.6 Å². The first-order valence-electron chi connectivity index (χ1n) is 10.7.